The molecule has 0 atom stereocenters. The van der Waals surface area contributed by atoms with Crippen molar-refractivity contribution >= 4 is 23.5 Å². The van der Waals surface area contributed by atoms with Gasteiger partial charge in [-0.3, -0.25) is 14.4 Å². The summed E-state index contributed by atoms with van der Waals surface area (Å²) in [7, 11) is 3.38. The van der Waals surface area contributed by atoms with Gasteiger partial charge in [-0.1, -0.05) is 0 Å². The number of nitrogens with one attached hydrogen (secondary N) is 1. The molecule has 5 rings (SSSR count). The Kier molecular flexibility index (Phi) is 5.36. The van der Waals surface area contributed by atoms with Gasteiger partial charge in [-0.15, -0.1) is 0 Å². The van der Waals surface area contributed by atoms with Crippen LogP contribution in [0.15, 0.2) is 24.3 Å². The number of carbonyl (C=O) groups excluding carboxylic acids is 3. The second-order valence-corrected chi connectivity index (χ2v) is 9.58. The first-order valence-electron chi connectivity index (χ1n) is 10.6. The predicted molar refractivity (Wildman–Crippen MR) is 109 cm³/mol. The van der Waals surface area contributed by atoms with Gasteiger partial charge in [-0.25, -0.2) is 0 Å². The average Bonchev–Trinajstić information content (AvgIpc) is 2.65. The van der Waals surface area contributed by atoms with Crippen molar-refractivity contribution in [3.8, 4) is 0 Å². The molecule has 4 bridgehead atoms. The molecular formula is C23H30N2O4. The molecule has 1 N–H and O–H groups in total. The molecule has 0 saturated heterocycles. The van der Waals surface area contributed by atoms with Crippen LogP contribution in [0.2, 0.25) is 0 Å². The maximum atomic E-state index is 12.4. The van der Waals surface area contributed by atoms with Crippen LogP contribution in [0.4, 0.5) is 5.69 Å². The van der Waals surface area contributed by atoms with E-state index in [0.717, 1.165) is 37.0 Å². The third kappa shape index (κ3) is 4.46. The van der Waals surface area contributed by atoms with Crippen LogP contribution in [0.3, 0.4) is 0 Å². The fraction of sp³-hybridized carbons (Fsp3) is 0.609. The normalized spacial score (nSPS) is 29.4. The molecular weight excluding hydrogens is 368 g/mol. The number of amides is 2. The van der Waals surface area contributed by atoms with Crippen molar-refractivity contribution in [2.45, 2.75) is 44.9 Å². The first-order chi connectivity index (χ1) is 13.8. The zero-order valence-electron chi connectivity index (χ0n) is 17.3. The summed E-state index contributed by atoms with van der Waals surface area (Å²) in [6, 6.07) is 6.67. The van der Waals surface area contributed by atoms with Crippen molar-refractivity contribution in [3.63, 3.8) is 0 Å². The molecule has 2 amide bonds. The van der Waals surface area contributed by atoms with Crippen LogP contribution < -0.4 is 5.32 Å². The number of ether oxygens (including phenoxy) is 1. The molecule has 4 aliphatic carbocycles. The molecule has 156 valence electrons. The van der Waals surface area contributed by atoms with Crippen molar-refractivity contribution in [1.82, 2.24) is 4.90 Å². The van der Waals surface area contributed by atoms with E-state index in [1.807, 2.05) is 0 Å². The number of anilines is 1. The zero-order chi connectivity index (χ0) is 20.6. The molecule has 0 aliphatic heterocycles. The fourth-order valence-electron chi connectivity index (χ4n) is 6.16. The molecule has 4 saturated carbocycles. The molecule has 0 spiro atoms. The monoisotopic (exact) mass is 398 g/mol. The Labute approximate surface area is 172 Å². The lowest BCUT2D eigenvalue weighted by molar-refractivity contribution is -0.154. The predicted octanol–water partition coefficient (Wildman–Crippen LogP) is 3.48. The van der Waals surface area contributed by atoms with Gasteiger partial charge in [0.05, 0.1) is 6.42 Å². The molecule has 29 heavy (non-hydrogen) atoms. The van der Waals surface area contributed by atoms with Crippen LogP contribution in [-0.4, -0.2) is 43.4 Å². The summed E-state index contributed by atoms with van der Waals surface area (Å²) in [4.78, 5) is 38.0. The summed E-state index contributed by atoms with van der Waals surface area (Å²) in [5.74, 6) is 1.66. The van der Waals surface area contributed by atoms with Crippen LogP contribution in [0.25, 0.3) is 0 Å². The lowest BCUT2D eigenvalue weighted by Crippen LogP contribution is -2.47. The van der Waals surface area contributed by atoms with Gasteiger partial charge in [0, 0.05) is 25.3 Å². The summed E-state index contributed by atoms with van der Waals surface area (Å²) < 4.78 is 5.30. The average molecular weight is 399 g/mol. The smallest absolute Gasteiger partial charge is 0.306 e. The van der Waals surface area contributed by atoms with E-state index in [-0.39, 0.29) is 29.8 Å². The highest BCUT2D eigenvalue weighted by molar-refractivity contribution is 5.96. The molecule has 1 aromatic rings. The van der Waals surface area contributed by atoms with Gasteiger partial charge in [0.2, 0.25) is 0 Å². The third-order valence-electron chi connectivity index (χ3n) is 6.87. The molecule has 4 aliphatic rings. The molecule has 0 radical (unpaired) electrons. The van der Waals surface area contributed by atoms with Crippen LogP contribution in [0.5, 0.6) is 0 Å². The van der Waals surface area contributed by atoms with Crippen molar-refractivity contribution in [3.05, 3.63) is 29.8 Å². The maximum absolute atomic E-state index is 12.4. The number of rotatable bonds is 6. The Morgan fingerprint density at radius 1 is 1.00 bits per heavy atom. The minimum Gasteiger partial charge on any atom is -0.456 e. The molecule has 4 fully saturated rings. The molecule has 6 nitrogen and oxygen atoms in total. The van der Waals surface area contributed by atoms with Gasteiger partial charge in [0.25, 0.3) is 11.8 Å². The fourth-order valence-corrected chi connectivity index (χ4v) is 6.16. The lowest BCUT2D eigenvalue weighted by atomic mass is 9.49. The summed E-state index contributed by atoms with van der Waals surface area (Å²) in [6.45, 7) is -0.274. The van der Waals surface area contributed by atoms with Gasteiger partial charge in [-0.05, 0) is 86.0 Å². The lowest BCUT2D eigenvalue weighted by Gasteiger charge is -2.56. The topological polar surface area (TPSA) is 75.7 Å². The quantitative estimate of drug-likeness (QED) is 0.745. The van der Waals surface area contributed by atoms with Crippen LogP contribution in [0, 0.1) is 23.2 Å². The second kappa shape index (κ2) is 7.81. The number of carbonyl (C=O) groups is 3. The SMILES string of the molecule is CN(C)C(=O)c1ccc(NC(=O)COC(=O)CC23CC4CC(CC(C4)C2)C3)cc1. The van der Waals surface area contributed by atoms with E-state index in [9.17, 15) is 14.4 Å². The number of hydrogen-bond acceptors (Lipinski definition) is 4. The number of benzene rings is 1. The summed E-state index contributed by atoms with van der Waals surface area (Å²) >= 11 is 0. The van der Waals surface area contributed by atoms with Crippen molar-refractivity contribution in [1.29, 1.82) is 0 Å². The minimum atomic E-state index is -0.365. The van der Waals surface area contributed by atoms with E-state index < -0.39 is 0 Å². The summed E-state index contributed by atoms with van der Waals surface area (Å²) in [5, 5.41) is 2.71. The van der Waals surface area contributed by atoms with Crippen LogP contribution >= 0.6 is 0 Å². The number of hydrogen-bond donors (Lipinski definition) is 1. The Balaban J connectivity index is 1.24. The number of esters is 1. The first kappa shape index (κ1) is 19.9. The van der Waals surface area contributed by atoms with Crippen LogP contribution in [0.1, 0.15) is 55.3 Å². The van der Waals surface area contributed by atoms with E-state index in [4.69, 9.17) is 4.74 Å². The van der Waals surface area contributed by atoms with E-state index in [2.05, 4.69) is 5.32 Å². The summed E-state index contributed by atoms with van der Waals surface area (Å²) in [6.07, 6.45) is 7.93. The van der Waals surface area contributed by atoms with Crippen molar-refractivity contribution in [2.75, 3.05) is 26.0 Å². The van der Waals surface area contributed by atoms with Gasteiger partial charge in [0.1, 0.15) is 0 Å². The van der Waals surface area contributed by atoms with Gasteiger partial charge < -0.3 is 15.0 Å². The van der Waals surface area contributed by atoms with Gasteiger partial charge in [0.15, 0.2) is 6.61 Å². The number of nitrogens with zero attached hydrogens (tertiary/aromatic N) is 1. The highest BCUT2D eigenvalue weighted by Gasteiger charge is 2.51. The van der Waals surface area contributed by atoms with Gasteiger partial charge in [-0.2, -0.15) is 0 Å². The van der Waals surface area contributed by atoms with E-state index >= 15 is 0 Å². The van der Waals surface area contributed by atoms with Crippen molar-refractivity contribution in [2.24, 2.45) is 23.2 Å². The Morgan fingerprint density at radius 2 is 1.55 bits per heavy atom. The highest BCUT2D eigenvalue weighted by Crippen LogP contribution is 2.61. The van der Waals surface area contributed by atoms with E-state index in [0.29, 0.717) is 17.7 Å². The van der Waals surface area contributed by atoms with Crippen molar-refractivity contribution < 1.29 is 19.1 Å². The Morgan fingerprint density at radius 3 is 2.07 bits per heavy atom. The second-order valence-electron chi connectivity index (χ2n) is 9.58. The molecule has 0 unspecified atom stereocenters. The first-order valence-corrected chi connectivity index (χ1v) is 10.6. The Bertz CT molecular complexity index is 764. The molecule has 1 aromatic carbocycles. The molecule has 0 heterocycles. The minimum absolute atomic E-state index is 0.0958. The largest absolute Gasteiger partial charge is 0.456 e. The summed E-state index contributed by atoms with van der Waals surface area (Å²) in [5.41, 5.74) is 1.24. The van der Waals surface area contributed by atoms with E-state index in [1.54, 1.807) is 38.4 Å². The van der Waals surface area contributed by atoms with Crippen LogP contribution in [-0.2, 0) is 14.3 Å². The highest BCUT2D eigenvalue weighted by atomic mass is 16.5. The molecule has 6 heteroatoms. The molecule has 0 aromatic heterocycles. The maximum Gasteiger partial charge on any atom is 0.306 e. The third-order valence-corrected chi connectivity index (χ3v) is 6.87. The van der Waals surface area contributed by atoms with Gasteiger partial charge >= 0.3 is 5.97 Å². The standard InChI is InChI=1S/C23H30N2O4/c1-25(2)22(28)18-3-5-19(6-4-18)24-20(26)14-29-21(27)13-23-10-15-7-16(11-23)9-17(8-15)12-23/h3-6,15-17H,7-14H2,1-2H3,(H,24,26). The zero-order valence-corrected chi connectivity index (χ0v) is 17.3. The van der Waals surface area contributed by atoms with E-state index in [1.165, 1.54) is 24.2 Å². The Hall–Kier alpha value is -2.37.